The quantitative estimate of drug-likeness (QED) is 0.622. The number of carbonyl (C=O) groups is 2. The first-order valence-corrected chi connectivity index (χ1v) is 4.58. The van der Waals surface area contributed by atoms with Crippen molar-refractivity contribution < 1.29 is 14.3 Å². The van der Waals surface area contributed by atoms with Crippen molar-refractivity contribution in [2.75, 3.05) is 0 Å². The number of hydrogen-bond donors (Lipinski definition) is 1. The molecule has 13 heavy (non-hydrogen) atoms. The molecule has 2 fully saturated rings. The molecule has 2 saturated carbocycles. The maximum absolute atomic E-state index is 11.2. The number of hydrogen-bond acceptors (Lipinski definition) is 3. The van der Waals surface area contributed by atoms with Gasteiger partial charge in [0.15, 0.2) is 5.60 Å². The number of ether oxygens (including phenoxy) is 1. The minimum Gasteiger partial charge on any atom is -0.448 e. The van der Waals surface area contributed by atoms with E-state index in [-0.39, 0.29) is 11.8 Å². The highest BCUT2D eigenvalue weighted by molar-refractivity contribution is 5.90. The average Bonchev–Trinajstić information content (AvgIpc) is 2.44. The van der Waals surface area contributed by atoms with E-state index in [1.807, 2.05) is 0 Å². The molecule has 4 nitrogen and oxygen atoms in total. The summed E-state index contributed by atoms with van der Waals surface area (Å²) in [4.78, 5) is 22.0. The van der Waals surface area contributed by atoms with Gasteiger partial charge in [-0.1, -0.05) is 6.42 Å². The van der Waals surface area contributed by atoms with Crippen molar-refractivity contribution in [2.24, 2.45) is 17.6 Å². The molecule has 0 saturated heterocycles. The van der Waals surface area contributed by atoms with Gasteiger partial charge in [0, 0.05) is 18.8 Å². The van der Waals surface area contributed by atoms with Crippen molar-refractivity contribution >= 4 is 11.9 Å². The number of nitrogens with two attached hydrogens (primary N) is 1. The molecule has 2 aliphatic rings. The molecule has 0 aromatic rings. The summed E-state index contributed by atoms with van der Waals surface area (Å²) in [5.41, 5.74) is 4.33. The molecular formula is C9H13NO3. The minimum atomic E-state index is -0.927. The smallest absolute Gasteiger partial charge is 0.303 e. The first kappa shape index (κ1) is 8.53. The van der Waals surface area contributed by atoms with E-state index in [2.05, 4.69) is 0 Å². The van der Waals surface area contributed by atoms with E-state index in [0.29, 0.717) is 0 Å². The number of esters is 1. The Balaban J connectivity index is 2.16. The zero-order valence-electron chi connectivity index (χ0n) is 7.58. The van der Waals surface area contributed by atoms with Gasteiger partial charge < -0.3 is 10.5 Å². The predicted molar refractivity (Wildman–Crippen MR) is 44.5 cm³/mol. The van der Waals surface area contributed by atoms with Gasteiger partial charge in [0.25, 0.3) is 5.91 Å². The fourth-order valence-corrected chi connectivity index (χ4v) is 2.70. The van der Waals surface area contributed by atoms with Crippen LogP contribution in [-0.2, 0) is 14.3 Å². The lowest BCUT2D eigenvalue weighted by molar-refractivity contribution is -0.158. The van der Waals surface area contributed by atoms with Gasteiger partial charge in [-0.25, -0.2) is 0 Å². The Morgan fingerprint density at radius 2 is 1.92 bits per heavy atom. The van der Waals surface area contributed by atoms with Crippen molar-refractivity contribution in [1.82, 2.24) is 0 Å². The summed E-state index contributed by atoms with van der Waals surface area (Å²) < 4.78 is 5.06. The van der Waals surface area contributed by atoms with Crippen LogP contribution < -0.4 is 5.73 Å². The molecule has 0 aromatic heterocycles. The minimum absolute atomic E-state index is 0.203. The Labute approximate surface area is 76.4 Å². The van der Waals surface area contributed by atoms with Crippen molar-refractivity contribution in [1.29, 1.82) is 0 Å². The van der Waals surface area contributed by atoms with Crippen molar-refractivity contribution in [2.45, 2.75) is 31.8 Å². The van der Waals surface area contributed by atoms with Crippen LogP contribution in [0.5, 0.6) is 0 Å². The van der Waals surface area contributed by atoms with Gasteiger partial charge in [-0.2, -0.15) is 0 Å². The van der Waals surface area contributed by atoms with Crippen LogP contribution in [0.2, 0.25) is 0 Å². The molecule has 0 aromatic carbocycles. The third-order valence-corrected chi connectivity index (χ3v) is 3.21. The van der Waals surface area contributed by atoms with Crippen LogP contribution in [0.3, 0.4) is 0 Å². The van der Waals surface area contributed by atoms with E-state index >= 15 is 0 Å². The first-order chi connectivity index (χ1) is 6.09. The normalized spacial score (nSPS) is 41.0. The van der Waals surface area contributed by atoms with Crippen molar-refractivity contribution in [3.05, 3.63) is 0 Å². The maximum atomic E-state index is 11.2. The predicted octanol–water partition coefficient (Wildman–Crippen LogP) is 0.203. The largest absolute Gasteiger partial charge is 0.448 e. The Kier molecular flexibility index (Phi) is 1.62. The van der Waals surface area contributed by atoms with E-state index in [9.17, 15) is 9.59 Å². The number of carbonyl (C=O) groups excluding carboxylic acids is 2. The summed E-state index contributed by atoms with van der Waals surface area (Å²) in [6.07, 6.45) is 3.04. The van der Waals surface area contributed by atoms with E-state index in [1.54, 1.807) is 0 Å². The summed E-state index contributed by atoms with van der Waals surface area (Å²) in [6.45, 7) is 1.32. The van der Waals surface area contributed by atoms with Gasteiger partial charge in [0.05, 0.1) is 0 Å². The van der Waals surface area contributed by atoms with Crippen LogP contribution in [0.1, 0.15) is 26.2 Å². The second kappa shape index (κ2) is 2.47. The summed E-state index contributed by atoms with van der Waals surface area (Å²) in [5.74, 6) is -0.478. The van der Waals surface area contributed by atoms with E-state index in [4.69, 9.17) is 10.5 Å². The van der Waals surface area contributed by atoms with Crippen LogP contribution in [0.4, 0.5) is 0 Å². The van der Waals surface area contributed by atoms with Crippen LogP contribution in [0.15, 0.2) is 0 Å². The summed E-state index contributed by atoms with van der Waals surface area (Å²) in [6, 6.07) is 0. The maximum Gasteiger partial charge on any atom is 0.303 e. The summed E-state index contributed by atoms with van der Waals surface area (Å²) >= 11 is 0. The molecule has 0 bridgehead atoms. The second-order valence-electron chi connectivity index (χ2n) is 3.89. The van der Waals surface area contributed by atoms with Crippen LogP contribution in [-0.4, -0.2) is 17.5 Å². The molecule has 2 N–H and O–H groups in total. The zero-order chi connectivity index (χ0) is 9.64. The fourth-order valence-electron chi connectivity index (χ4n) is 2.70. The van der Waals surface area contributed by atoms with Gasteiger partial charge in [-0.15, -0.1) is 0 Å². The second-order valence-corrected chi connectivity index (χ2v) is 3.89. The van der Waals surface area contributed by atoms with E-state index < -0.39 is 17.5 Å². The standard InChI is InChI=1S/C9H13NO3/c1-5(11)13-9(8(10)12)6-3-2-4-7(6)9/h6-7H,2-4H2,1H3,(H2,10,12)/t6-,7+,9?. The molecule has 4 heteroatoms. The van der Waals surface area contributed by atoms with Crippen molar-refractivity contribution in [3.8, 4) is 0 Å². The Morgan fingerprint density at radius 3 is 2.31 bits per heavy atom. The first-order valence-electron chi connectivity index (χ1n) is 4.58. The lowest BCUT2D eigenvalue weighted by Crippen LogP contribution is -2.39. The lowest BCUT2D eigenvalue weighted by atomic mass is 10.1. The van der Waals surface area contributed by atoms with E-state index in [1.165, 1.54) is 6.92 Å². The van der Waals surface area contributed by atoms with Gasteiger partial charge in [0.1, 0.15) is 0 Å². The summed E-state index contributed by atoms with van der Waals surface area (Å²) in [7, 11) is 0. The highest BCUT2D eigenvalue weighted by atomic mass is 16.6. The number of fused-ring (bicyclic) bond motifs is 1. The van der Waals surface area contributed by atoms with Crippen LogP contribution in [0.25, 0.3) is 0 Å². The average molecular weight is 183 g/mol. The number of primary amides is 1. The molecule has 0 spiro atoms. The lowest BCUT2D eigenvalue weighted by Gasteiger charge is -2.16. The highest BCUT2D eigenvalue weighted by Gasteiger charge is 2.73. The van der Waals surface area contributed by atoms with Crippen LogP contribution in [0, 0.1) is 11.8 Å². The zero-order valence-corrected chi connectivity index (χ0v) is 7.58. The molecule has 1 unspecified atom stereocenters. The topological polar surface area (TPSA) is 69.4 Å². The number of amides is 1. The van der Waals surface area contributed by atoms with Crippen LogP contribution >= 0.6 is 0 Å². The third-order valence-electron chi connectivity index (χ3n) is 3.21. The molecular weight excluding hydrogens is 170 g/mol. The summed E-state index contributed by atoms with van der Waals surface area (Å²) in [5, 5.41) is 0. The Hall–Kier alpha value is -1.06. The van der Waals surface area contributed by atoms with Crippen molar-refractivity contribution in [3.63, 3.8) is 0 Å². The number of rotatable bonds is 2. The molecule has 2 rings (SSSR count). The van der Waals surface area contributed by atoms with Gasteiger partial charge in [0.2, 0.25) is 0 Å². The third kappa shape index (κ3) is 0.975. The molecule has 0 radical (unpaired) electrons. The fraction of sp³-hybridized carbons (Fsp3) is 0.778. The molecule has 3 atom stereocenters. The molecule has 1 amide bonds. The molecule has 0 heterocycles. The monoisotopic (exact) mass is 183 g/mol. The molecule has 2 aliphatic carbocycles. The van der Waals surface area contributed by atoms with Gasteiger partial charge in [-0.3, -0.25) is 9.59 Å². The molecule has 0 aliphatic heterocycles. The Morgan fingerprint density at radius 1 is 1.38 bits per heavy atom. The molecule has 72 valence electrons. The van der Waals surface area contributed by atoms with Gasteiger partial charge in [-0.05, 0) is 12.8 Å². The SMILES string of the molecule is CC(=O)OC1(C(N)=O)[C@@H]2CCC[C@@H]21. The van der Waals surface area contributed by atoms with Gasteiger partial charge >= 0.3 is 5.97 Å². The highest BCUT2D eigenvalue weighted by Crippen LogP contribution is 2.62. The van der Waals surface area contributed by atoms with E-state index in [0.717, 1.165) is 19.3 Å². The Bertz CT molecular complexity index is 264.